The average Bonchev–Trinajstić information content (AvgIpc) is 3.27. The van der Waals surface area contributed by atoms with Crippen molar-refractivity contribution >= 4 is 5.97 Å². The smallest absolute Gasteiger partial charge is 0.306 e. The lowest BCUT2D eigenvalue weighted by atomic mass is 9.94. The van der Waals surface area contributed by atoms with Crippen LogP contribution in [0, 0.1) is 13.8 Å². The lowest BCUT2D eigenvalue weighted by Gasteiger charge is -2.15. The molecule has 0 fully saturated rings. The van der Waals surface area contributed by atoms with Gasteiger partial charge >= 0.3 is 5.97 Å². The predicted octanol–water partition coefficient (Wildman–Crippen LogP) is 6.00. The summed E-state index contributed by atoms with van der Waals surface area (Å²) >= 11 is 0. The summed E-state index contributed by atoms with van der Waals surface area (Å²) in [5.74, 6) is 2.15. The molecule has 0 N–H and O–H groups in total. The van der Waals surface area contributed by atoms with E-state index in [9.17, 15) is 4.79 Å². The third-order valence-corrected chi connectivity index (χ3v) is 6.33. The molecule has 3 aromatic rings. The third kappa shape index (κ3) is 6.18. The normalized spacial score (nSPS) is 14.2. The maximum atomic E-state index is 11.6. The minimum Gasteiger partial charge on any atom is -0.492 e. The highest BCUT2D eigenvalue weighted by Crippen LogP contribution is 2.38. The maximum absolute atomic E-state index is 11.6. The lowest BCUT2D eigenvalue weighted by molar-refractivity contribution is -0.141. The number of hydrogen-bond donors (Lipinski definition) is 0. The summed E-state index contributed by atoms with van der Waals surface area (Å²) in [6, 6.07) is 18.4. The largest absolute Gasteiger partial charge is 0.492 e. The van der Waals surface area contributed by atoms with Crippen LogP contribution >= 0.6 is 0 Å². The molecule has 1 heterocycles. The van der Waals surface area contributed by atoms with Crippen molar-refractivity contribution in [3.05, 3.63) is 76.9 Å². The second kappa shape index (κ2) is 12.0. The van der Waals surface area contributed by atoms with Crippen molar-refractivity contribution in [2.75, 3.05) is 33.5 Å². The number of carbonyl (C=O) groups excluding carboxylic acids is 1. The van der Waals surface area contributed by atoms with Gasteiger partial charge in [0, 0.05) is 24.2 Å². The SMILES string of the molecule is CCOCCOc1cc(C)c(-c2cccc(COc3ccc4c(c3)OCC4CC(=O)OC)c2)c(C)c1. The molecule has 0 bridgehead atoms. The van der Waals surface area contributed by atoms with Crippen LogP contribution in [0.3, 0.4) is 0 Å². The fraction of sp³-hybridized carbons (Fsp3) is 0.367. The number of esters is 1. The third-order valence-electron chi connectivity index (χ3n) is 6.33. The molecule has 4 rings (SSSR count). The van der Waals surface area contributed by atoms with E-state index in [-0.39, 0.29) is 11.9 Å². The van der Waals surface area contributed by atoms with Gasteiger partial charge in [-0.1, -0.05) is 24.3 Å². The Hall–Kier alpha value is -3.51. The number of fused-ring (bicyclic) bond motifs is 1. The van der Waals surface area contributed by atoms with Crippen LogP contribution in [0.2, 0.25) is 0 Å². The van der Waals surface area contributed by atoms with Crippen LogP contribution < -0.4 is 14.2 Å². The van der Waals surface area contributed by atoms with Crippen molar-refractivity contribution in [3.8, 4) is 28.4 Å². The molecule has 0 radical (unpaired) electrons. The molecule has 1 aliphatic rings. The van der Waals surface area contributed by atoms with Crippen LogP contribution in [0.5, 0.6) is 17.2 Å². The zero-order valence-corrected chi connectivity index (χ0v) is 21.5. The van der Waals surface area contributed by atoms with E-state index in [0.29, 0.717) is 39.5 Å². The van der Waals surface area contributed by atoms with Crippen LogP contribution in [0.1, 0.15) is 41.5 Å². The quantitative estimate of drug-likeness (QED) is 0.243. The summed E-state index contributed by atoms with van der Waals surface area (Å²) in [7, 11) is 1.41. The molecular weight excluding hydrogens is 456 g/mol. The molecule has 36 heavy (non-hydrogen) atoms. The van der Waals surface area contributed by atoms with Crippen molar-refractivity contribution in [3.63, 3.8) is 0 Å². The van der Waals surface area contributed by atoms with Gasteiger partial charge in [-0.2, -0.15) is 0 Å². The van der Waals surface area contributed by atoms with Crippen LogP contribution in [-0.2, 0) is 20.9 Å². The summed E-state index contributed by atoms with van der Waals surface area (Å²) in [5, 5.41) is 0. The van der Waals surface area contributed by atoms with Crippen LogP contribution in [0.25, 0.3) is 11.1 Å². The number of carbonyl (C=O) groups is 1. The van der Waals surface area contributed by atoms with Crippen LogP contribution in [0.15, 0.2) is 54.6 Å². The van der Waals surface area contributed by atoms with Crippen LogP contribution in [-0.4, -0.2) is 39.5 Å². The van der Waals surface area contributed by atoms with E-state index in [2.05, 4.69) is 50.2 Å². The molecule has 3 aromatic carbocycles. The molecule has 1 aliphatic heterocycles. The Morgan fingerprint density at radius 1 is 0.972 bits per heavy atom. The van der Waals surface area contributed by atoms with Gasteiger partial charge in [0.15, 0.2) is 0 Å². The van der Waals surface area contributed by atoms with Crippen LogP contribution in [0.4, 0.5) is 0 Å². The van der Waals surface area contributed by atoms with Crippen molar-refractivity contribution in [2.24, 2.45) is 0 Å². The molecule has 0 saturated heterocycles. The van der Waals surface area contributed by atoms with Gasteiger partial charge < -0.3 is 23.7 Å². The Kier molecular flexibility index (Phi) is 8.49. The van der Waals surface area contributed by atoms with Gasteiger partial charge in [-0.05, 0) is 72.9 Å². The first-order valence-corrected chi connectivity index (χ1v) is 12.4. The molecule has 1 atom stereocenters. The molecule has 6 heteroatoms. The van der Waals surface area contributed by atoms with Gasteiger partial charge in [-0.15, -0.1) is 0 Å². The molecule has 0 saturated carbocycles. The minimum absolute atomic E-state index is 0.0196. The second-order valence-corrected chi connectivity index (χ2v) is 8.95. The van der Waals surface area contributed by atoms with Crippen molar-refractivity contribution in [1.29, 1.82) is 0 Å². The molecule has 1 unspecified atom stereocenters. The summed E-state index contributed by atoms with van der Waals surface area (Å²) in [6.07, 6.45) is 0.315. The van der Waals surface area contributed by atoms with E-state index >= 15 is 0 Å². The first-order valence-electron chi connectivity index (χ1n) is 12.4. The summed E-state index contributed by atoms with van der Waals surface area (Å²) in [4.78, 5) is 11.6. The van der Waals surface area contributed by atoms with Gasteiger partial charge in [0.1, 0.15) is 30.5 Å². The standard InChI is InChI=1S/C30H34O6/c1-5-33-11-12-34-26-13-20(2)30(21(3)14-26)23-8-6-7-22(15-23)18-35-25-9-10-27-24(16-29(31)32-4)19-36-28(27)17-25/h6-10,13-15,17,24H,5,11-12,16,18-19H2,1-4H3. The van der Waals surface area contributed by atoms with Crippen molar-refractivity contribution < 1.29 is 28.5 Å². The number of ether oxygens (including phenoxy) is 5. The number of methoxy groups -OCH3 is 1. The van der Waals surface area contributed by atoms with Gasteiger partial charge in [-0.3, -0.25) is 4.79 Å². The first-order chi connectivity index (χ1) is 17.5. The Bertz CT molecular complexity index is 1180. The second-order valence-electron chi connectivity index (χ2n) is 8.95. The Morgan fingerprint density at radius 2 is 1.78 bits per heavy atom. The van der Waals surface area contributed by atoms with E-state index in [1.807, 2.05) is 25.1 Å². The molecule has 190 valence electrons. The lowest BCUT2D eigenvalue weighted by Crippen LogP contribution is -2.09. The number of rotatable bonds is 11. The highest BCUT2D eigenvalue weighted by atomic mass is 16.5. The summed E-state index contributed by atoms with van der Waals surface area (Å²) in [6.45, 7) is 8.93. The van der Waals surface area contributed by atoms with Gasteiger partial charge in [0.2, 0.25) is 0 Å². The zero-order chi connectivity index (χ0) is 25.5. The molecule has 0 aromatic heterocycles. The van der Waals surface area contributed by atoms with Crippen molar-refractivity contribution in [1.82, 2.24) is 0 Å². The average molecular weight is 491 g/mol. The zero-order valence-electron chi connectivity index (χ0n) is 21.5. The Labute approximate surface area is 213 Å². The maximum Gasteiger partial charge on any atom is 0.306 e. The van der Waals surface area contributed by atoms with E-state index in [1.165, 1.54) is 12.7 Å². The fourth-order valence-corrected chi connectivity index (χ4v) is 4.61. The highest BCUT2D eigenvalue weighted by molar-refractivity contribution is 5.72. The van der Waals surface area contributed by atoms with E-state index in [4.69, 9.17) is 23.7 Å². The number of aryl methyl sites for hydroxylation is 2. The Morgan fingerprint density at radius 3 is 2.53 bits per heavy atom. The van der Waals surface area contributed by atoms with Gasteiger partial charge in [0.05, 0.1) is 26.7 Å². The molecule has 0 spiro atoms. The fourth-order valence-electron chi connectivity index (χ4n) is 4.61. The van der Waals surface area contributed by atoms with Gasteiger partial charge in [0.25, 0.3) is 0 Å². The topological polar surface area (TPSA) is 63.2 Å². The molecule has 0 amide bonds. The Balaban J connectivity index is 1.42. The first kappa shape index (κ1) is 25.6. The predicted molar refractivity (Wildman–Crippen MR) is 139 cm³/mol. The van der Waals surface area contributed by atoms with E-state index in [0.717, 1.165) is 45.1 Å². The molecular formula is C30H34O6. The minimum atomic E-state index is -0.231. The van der Waals surface area contributed by atoms with Crippen molar-refractivity contribution in [2.45, 2.75) is 39.7 Å². The molecule has 0 aliphatic carbocycles. The van der Waals surface area contributed by atoms with Gasteiger partial charge in [-0.25, -0.2) is 0 Å². The highest BCUT2D eigenvalue weighted by Gasteiger charge is 2.27. The van der Waals surface area contributed by atoms with E-state index < -0.39 is 0 Å². The number of hydrogen-bond acceptors (Lipinski definition) is 6. The monoisotopic (exact) mass is 490 g/mol. The van der Waals surface area contributed by atoms with E-state index in [1.54, 1.807) is 0 Å². The summed E-state index contributed by atoms with van der Waals surface area (Å²) in [5.41, 5.74) is 6.78. The molecule has 6 nitrogen and oxygen atoms in total. The summed E-state index contributed by atoms with van der Waals surface area (Å²) < 4.78 is 27.9. The number of benzene rings is 3.